The van der Waals surface area contributed by atoms with E-state index in [4.69, 9.17) is 10.1 Å². The molecule has 0 aliphatic carbocycles. The number of hydrogen-bond donors (Lipinski definition) is 1. The second kappa shape index (κ2) is 6.76. The highest BCUT2D eigenvalue weighted by atomic mass is 19.1. The van der Waals surface area contributed by atoms with Gasteiger partial charge in [0.25, 0.3) is 0 Å². The van der Waals surface area contributed by atoms with E-state index in [1.165, 1.54) is 24.3 Å². The van der Waals surface area contributed by atoms with E-state index in [2.05, 4.69) is 0 Å². The molecule has 5 nitrogen and oxygen atoms in total. The average Bonchev–Trinajstić information content (AvgIpc) is 2.90. The quantitative estimate of drug-likeness (QED) is 0.727. The van der Waals surface area contributed by atoms with E-state index < -0.39 is 0 Å². The topological polar surface area (TPSA) is 60.0 Å². The third-order valence-corrected chi connectivity index (χ3v) is 4.07. The van der Waals surface area contributed by atoms with Gasteiger partial charge in [0.15, 0.2) is 5.78 Å². The third kappa shape index (κ3) is 3.38. The van der Waals surface area contributed by atoms with Gasteiger partial charge < -0.3 is 13.9 Å². The Morgan fingerprint density at radius 2 is 1.92 bits per heavy atom. The number of hydrogen-bond acceptors (Lipinski definition) is 3. The molecular weight excluding hydrogens is 321 g/mol. The molecule has 0 bridgehead atoms. The zero-order valence-electron chi connectivity index (χ0n) is 14.0. The number of aromatic nitrogens is 2. The molecule has 128 valence electrons. The van der Waals surface area contributed by atoms with Crippen molar-refractivity contribution in [2.45, 2.75) is 6.54 Å². The molecule has 0 saturated carbocycles. The summed E-state index contributed by atoms with van der Waals surface area (Å²) in [6.45, 7) is 0.0161. The molecule has 0 aliphatic rings. The van der Waals surface area contributed by atoms with Gasteiger partial charge in [0, 0.05) is 24.4 Å². The van der Waals surface area contributed by atoms with Gasteiger partial charge in [0.1, 0.15) is 11.6 Å². The number of ether oxygens (including phenoxy) is 1. The highest BCUT2D eigenvalue weighted by Gasteiger charge is 2.13. The van der Waals surface area contributed by atoms with Gasteiger partial charge in [-0.3, -0.25) is 10.2 Å². The predicted octanol–water partition coefficient (Wildman–Crippen LogP) is 3.00. The largest absolute Gasteiger partial charge is 0.497 e. The van der Waals surface area contributed by atoms with Gasteiger partial charge in [-0.1, -0.05) is 12.1 Å². The Balaban J connectivity index is 1.92. The van der Waals surface area contributed by atoms with Crippen molar-refractivity contribution in [3.05, 3.63) is 71.7 Å². The minimum absolute atomic E-state index is 0.0161. The first-order valence-electron chi connectivity index (χ1n) is 7.73. The number of nitrogens with one attached hydrogen (secondary N) is 1. The summed E-state index contributed by atoms with van der Waals surface area (Å²) in [7, 11) is 3.37. The number of nitrogens with zero attached hydrogens (tertiary/aromatic N) is 2. The fraction of sp³-hybridized carbons (Fsp3) is 0.158. The van der Waals surface area contributed by atoms with Crippen LogP contribution < -0.4 is 10.4 Å². The number of rotatable bonds is 5. The zero-order valence-corrected chi connectivity index (χ0v) is 14.0. The SMILES string of the molecule is COc1cccc(-c2cn(CC(=O)c3ccc(F)cc3)c(=N)n2C)c1. The molecule has 2 aromatic carbocycles. The monoisotopic (exact) mass is 339 g/mol. The molecule has 25 heavy (non-hydrogen) atoms. The summed E-state index contributed by atoms with van der Waals surface area (Å²) in [5.41, 5.74) is 2.31. The summed E-state index contributed by atoms with van der Waals surface area (Å²) < 4.78 is 21.5. The molecule has 0 aliphatic heterocycles. The number of methoxy groups -OCH3 is 1. The molecule has 0 saturated heterocycles. The Morgan fingerprint density at radius 3 is 2.60 bits per heavy atom. The smallest absolute Gasteiger partial charge is 0.202 e. The van der Waals surface area contributed by atoms with Crippen LogP contribution in [0.25, 0.3) is 11.3 Å². The summed E-state index contributed by atoms with van der Waals surface area (Å²) in [6.07, 6.45) is 1.76. The number of carbonyl (C=O) groups is 1. The van der Waals surface area contributed by atoms with Gasteiger partial charge in [-0.05, 0) is 36.4 Å². The average molecular weight is 339 g/mol. The van der Waals surface area contributed by atoms with Crippen LogP contribution in [0.4, 0.5) is 4.39 Å². The lowest BCUT2D eigenvalue weighted by molar-refractivity contribution is 0.0970. The van der Waals surface area contributed by atoms with E-state index in [9.17, 15) is 9.18 Å². The van der Waals surface area contributed by atoms with Crippen molar-refractivity contribution in [3.63, 3.8) is 0 Å². The first kappa shape index (κ1) is 16.7. The Bertz CT molecular complexity index is 971. The predicted molar refractivity (Wildman–Crippen MR) is 92.0 cm³/mol. The van der Waals surface area contributed by atoms with E-state index in [-0.39, 0.29) is 23.8 Å². The summed E-state index contributed by atoms with van der Waals surface area (Å²) in [5.74, 6) is 0.158. The fourth-order valence-corrected chi connectivity index (χ4v) is 2.66. The molecule has 0 spiro atoms. The van der Waals surface area contributed by atoms with Crippen LogP contribution in [0.1, 0.15) is 10.4 Å². The number of imidazole rings is 1. The first-order chi connectivity index (χ1) is 12.0. The van der Waals surface area contributed by atoms with Gasteiger partial charge in [-0.2, -0.15) is 0 Å². The summed E-state index contributed by atoms with van der Waals surface area (Å²) in [5, 5.41) is 8.24. The molecule has 3 rings (SSSR count). The summed E-state index contributed by atoms with van der Waals surface area (Å²) in [6, 6.07) is 12.9. The molecule has 1 aromatic heterocycles. The molecule has 0 atom stereocenters. The standard InChI is InChI=1S/C19H18FN3O2/c1-22-17(14-4-3-5-16(10-14)25-2)11-23(19(22)21)12-18(24)13-6-8-15(20)9-7-13/h3-11,21H,12H2,1-2H3. The van der Waals surface area contributed by atoms with Crippen molar-refractivity contribution < 1.29 is 13.9 Å². The van der Waals surface area contributed by atoms with Gasteiger partial charge in [-0.25, -0.2) is 4.39 Å². The first-order valence-corrected chi connectivity index (χ1v) is 7.73. The maximum Gasteiger partial charge on any atom is 0.202 e. The fourth-order valence-electron chi connectivity index (χ4n) is 2.66. The summed E-state index contributed by atoms with van der Waals surface area (Å²) >= 11 is 0. The Hall–Kier alpha value is -3.15. The van der Waals surface area contributed by atoms with Crippen molar-refractivity contribution >= 4 is 5.78 Å². The van der Waals surface area contributed by atoms with Crippen molar-refractivity contribution in [2.24, 2.45) is 7.05 Å². The van der Waals surface area contributed by atoms with Crippen molar-refractivity contribution in [3.8, 4) is 17.0 Å². The lowest BCUT2D eigenvalue weighted by atomic mass is 10.1. The summed E-state index contributed by atoms with van der Waals surface area (Å²) in [4.78, 5) is 12.4. The van der Waals surface area contributed by atoms with Crippen LogP contribution in [0, 0.1) is 11.2 Å². The minimum Gasteiger partial charge on any atom is -0.497 e. The van der Waals surface area contributed by atoms with E-state index in [1.54, 1.807) is 29.5 Å². The maximum absolute atomic E-state index is 13.0. The van der Waals surface area contributed by atoms with E-state index in [0.717, 1.165) is 17.0 Å². The molecule has 0 amide bonds. The molecule has 0 fully saturated rings. The van der Waals surface area contributed by atoms with Crippen LogP contribution >= 0.6 is 0 Å². The molecule has 0 radical (unpaired) electrons. The van der Waals surface area contributed by atoms with E-state index >= 15 is 0 Å². The lowest BCUT2D eigenvalue weighted by Gasteiger charge is -2.04. The molecule has 0 unspecified atom stereocenters. The molecule has 1 heterocycles. The van der Waals surface area contributed by atoms with Crippen molar-refractivity contribution in [1.29, 1.82) is 5.41 Å². The normalized spacial score (nSPS) is 10.7. The van der Waals surface area contributed by atoms with Crippen LogP contribution in [-0.4, -0.2) is 22.0 Å². The van der Waals surface area contributed by atoms with Gasteiger partial charge in [0.05, 0.1) is 19.3 Å². The number of Topliss-reactive ketones (excluding diaryl/α,β-unsaturated/α-hetero) is 1. The van der Waals surface area contributed by atoms with Crippen LogP contribution in [0.2, 0.25) is 0 Å². The molecule has 1 N–H and O–H groups in total. The number of halogens is 1. The number of ketones is 1. The van der Waals surface area contributed by atoms with Crippen molar-refractivity contribution in [1.82, 2.24) is 9.13 Å². The molecule has 3 aromatic rings. The Labute approximate surface area is 144 Å². The van der Waals surface area contributed by atoms with Crippen molar-refractivity contribution in [2.75, 3.05) is 7.11 Å². The second-order valence-corrected chi connectivity index (χ2v) is 5.69. The molecule has 6 heteroatoms. The Morgan fingerprint density at radius 1 is 1.20 bits per heavy atom. The zero-order chi connectivity index (χ0) is 18.0. The maximum atomic E-state index is 13.0. The Kier molecular flexibility index (Phi) is 4.52. The minimum atomic E-state index is -0.384. The lowest BCUT2D eigenvalue weighted by Crippen LogP contribution is -2.25. The van der Waals surface area contributed by atoms with Crippen LogP contribution in [0.15, 0.2) is 54.7 Å². The van der Waals surface area contributed by atoms with Crippen LogP contribution in [0.5, 0.6) is 5.75 Å². The number of benzene rings is 2. The van der Waals surface area contributed by atoms with Gasteiger partial charge in [0.2, 0.25) is 5.62 Å². The second-order valence-electron chi connectivity index (χ2n) is 5.69. The number of carbonyl (C=O) groups excluding carboxylic acids is 1. The van der Waals surface area contributed by atoms with E-state index in [1.807, 2.05) is 24.3 Å². The van der Waals surface area contributed by atoms with Gasteiger partial charge in [-0.15, -0.1) is 0 Å². The molecular formula is C19H18FN3O2. The third-order valence-electron chi connectivity index (χ3n) is 4.07. The van der Waals surface area contributed by atoms with E-state index in [0.29, 0.717) is 5.56 Å². The van der Waals surface area contributed by atoms with Crippen LogP contribution in [0.3, 0.4) is 0 Å². The highest BCUT2D eigenvalue weighted by molar-refractivity contribution is 5.95. The van der Waals surface area contributed by atoms with Gasteiger partial charge >= 0.3 is 0 Å². The van der Waals surface area contributed by atoms with Crippen LogP contribution in [-0.2, 0) is 13.6 Å². The highest BCUT2D eigenvalue weighted by Crippen LogP contribution is 2.22.